The van der Waals surface area contributed by atoms with Gasteiger partial charge >= 0.3 is 5.97 Å². The van der Waals surface area contributed by atoms with E-state index >= 15 is 0 Å². The van der Waals surface area contributed by atoms with Crippen LogP contribution in [0.2, 0.25) is 0 Å². The minimum Gasteiger partial charge on any atom is -0.478 e. The van der Waals surface area contributed by atoms with Crippen molar-refractivity contribution < 1.29 is 9.90 Å². The maximum atomic E-state index is 11.4. The molecule has 0 saturated heterocycles. The molecular weight excluding hydrogens is 390 g/mol. The van der Waals surface area contributed by atoms with E-state index in [2.05, 4.69) is 0 Å². The zero-order chi connectivity index (χ0) is 22.0. The summed E-state index contributed by atoms with van der Waals surface area (Å²) >= 11 is 0. The highest BCUT2D eigenvalue weighted by Crippen LogP contribution is 2.31. The number of rotatable bonds is 6. The number of nitrogens with one attached hydrogen (secondary N) is 1. The van der Waals surface area contributed by atoms with Crippen LogP contribution in [0.15, 0.2) is 66.7 Å². The van der Waals surface area contributed by atoms with Gasteiger partial charge in [0.1, 0.15) is 5.69 Å². The zero-order valence-electron chi connectivity index (χ0n) is 16.9. The van der Waals surface area contributed by atoms with Gasteiger partial charge in [0.05, 0.1) is 16.6 Å². The third-order valence-corrected chi connectivity index (χ3v) is 5.03. The minimum absolute atomic E-state index is 0.157. The summed E-state index contributed by atoms with van der Waals surface area (Å²) in [6.07, 6.45) is 1.21. The van der Waals surface area contributed by atoms with Crippen molar-refractivity contribution in [2.75, 3.05) is 17.7 Å². The fraction of sp³-hybridized carbons (Fsp3) is 0.0833. The third-order valence-electron chi connectivity index (χ3n) is 5.03. The normalized spacial score (nSPS) is 10.7. The number of fused-ring (bicyclic) bond motifs is 1. The second-order valence-corrected chi connectivity index (χ2v) is 7.23. The molecule has 0 aliphatic rings. The van der Waals surface area contributed by atoms with E-state index in [1.165, 1.54) is 18.3 Å². The molecular formula is C24H21N5O2. The van der Waals surface area contributed by atoms with Crippen molar-refractivity contribution in [2.24, 2.45) is 0 Å². The van der Waals surface area contributed by atoms with Gasteiger partial charge in [-0.3, -0.25) is 0 Å². The van der Waals surface area contributed by atoms with E-state index in [0.29, 0.717) is 40.3 Å². The van der Waals surface area contributed by atoms with Gasteiger partial charge in [0.15, 0.2) is 5.82 Å². The largest absolute Gasteiger partial charge is 0.478 e. The molecule has 0 spiro atoms. The molecule has 0 saturated carbocycles. The molecule has 1 heterocycles. The summed E-state index contributed by atoms with van der Waals surface area (Å²) in [5.41, 5.74) is 10.8. The first kappa shape index (κ1) is 20.0. The lowest BCUT2D eigenvalue weighted by Gasteiger charge is -2.22. The number of nitrogen functional groups attached to an aromatic ring is 1. The molecule has 0 fully saturated rings. The molecule has 0 radical (unpaired) electrons. The molecule has 0 atom stereocenters. The van der Waals surface area contributed by atoms with E-state index in [1.54, 1.807) is 12.1 Å². The Kier molecular flexibility index (Phi) is 5.32. The second-order valence-electron chi connectivity index (χ2n) is 7.23. The summed E-state index contributed by atoms with van der Waals surface area (Å²) in [6.45, 7) is 0.596. The molecule has 0 amide bonds. The summed E-state index contributed by atoms with van der Waals surface area (Å²) in [5, 5.41) is 17.0. The second kappa shape index (κ2) is 8.23. The molecule has 7 heteroatoms. The molecule has 4 N–H and O–H groups in total. The molecule has 4 rings (SSSR count). The van der Waals surface area contributed by atoms with Gasteiger partial charge in [0.2, 0.25) is 0 Å². The number of benzene rings is 3. The Morgan fingerprint density at radius 3 is 2.55 bits per heavy atom. The first-order valence-electron chi connectivity index (χ1n) is 9.67. The van der Waals surface area contributed by atoms with Crippen molar-refractivity contribution >= 4 is 34.7 Å². The van der Waals surface area contributed by atoms with E-state index in [-0.39, 0.29) is 5.56 Å². The Bertz CT molecular complexity index is 1290. The average molecular weight is 411 g/mol. The fourth-order valence-electron chi connectivity index (χ4n) is 3.42. The number of anilines is 2. The van der Waals surface area contributed by atoms with Crippen LogP contribution in [0.25, 0.3) is 22.3 Å². The summed E-state index contributed by atoms with van der Waals surface area (Å²) in [7, 11) is 1.92. The molecule has 3 aromatic carbocycles. The topological polar surface area (TPSA) is 116 Å². The van der Waals surface area contributed by atoms with Crippen LogP contribution in [0, 0.1) is 5.41 Å². The minimum atomic E-state index is -1.01. The van der Waals surface area contributed by atoms with Gasteiger partial charge in [-0.1, -0.05) is 36.4 Å². The number of carbonyl (C=O) groups is 1. The van der Waals surface area contributed by atoms with Gasteiger partial charge in [-0.15, -0.1) is 0 Å². The molecule has 0 aliphatic carbocycles. The number of nitrogens with two attached hydrogens (primary N) is 1. The zero-order valence-corrected chi connectivity index (χ0v) is 16.9. The van der Waals surface area contributed by atoms with Gasteiger partial charge in [-0.05, 0) is 35.9 Å². The fourth-order valence-corrected chi connectivity index (χ4v) is 3.42. The summed E-state index contributed by atoms with van der Waals surface area (Å²) in [4.78, 5) is 23.0. The van der Waals surface area contributed by atoms with Crippen molar-refractivity contribution in [3.63, 3.8) is 0 Å². The smallest absolute Gasteiger partial charge is 0.335 e. The summed E-state index contributed by atoms with van der Waals surface area (Å²) in [5.74, 6) is -0.402. The van der Waals surface area contributed by atoms with Crippen molar-refractivity contribution in [2.45, 2.75) is 6.54 Å². The third kappa shape index (κ3) is 4.06. The molecule has 4 aromatic rings. The SMILES string of the molecule is CN(Cc1ccccc1)c1nc2cc(C(=O)O)ccc2nc1-c1ccc(N)c(C=N)c1. The van der Waals surface area contributed by atoms with Crippen LogP contribution in [0.5, 0.6) is 0 Å². The number of carboxylic acid groups (broad SMARTS) is 1. The van der Waals surface area contributed by atoms with Crippen molar-refractivity contribution in [1.82, 2.24) is 9.97 Å². The molecule has 31 heavy (non-hydrogen) atoms. The first-order chi connectivity index (χ1) is 15.0. The quantitative estimate of drug-likeness (QED) is 0.323. The Morgan fingerprint density at radius 1 is 1.06 bits per heavy atom. The summed E-state index contributed by atoms with van der Waals surface area (Å²) < 4.78 is 0. The van der Waals surface area contributed by atoms with Gasteiger partial charge in [0.25, 0.3) is 0 Å². The van der Waals surface area contributed by atoms with E-state index < -0.39 is 5.97 Å². The van der Waals surface area contributed by atoms with E-state index in [9.17, 15) is 9.90 Å². The van der Waals surface area contributed by atoms with Crippen LogP contribution in [0.3, 0.4) is 0 Å². The molecule has 1 aromatic heterocycles. The predicted molar refractivity (Wildman–Crippen MR) is 123 cm³/mol. The molecule has 154 valence electrons. The average Bonchev–Trinajstić information content (AvgIpc) is 2.78. The number of nitrogens with zero attached hydrogens (tertiary/aromatic N) is 3. The lowest BCUT2D eigenvalue weighted by Crippen LogP contribution is -2.19. The lowest BCUT2D eigenvalue weighted by atomic mass is 10.1. The van der Waals surface area contributed by atoms with Crippen molar-refractivity contribution in [3.8, 4) is 11.3 Å². The molecule has 7 nitrogen and oxygen atoms in total. The number of hydrogen-bond acceptors (Lipinski definition) is 6. The highest BCUT2D eigenvalue weighted by atomic mass is 16.4. The van der Waals surface area contributed by atoms with Crippen LogP contribution in [-0.4, -0.2) is 34.3 Å². The number of carboxylic acids is 1. The highest BCUT2D eigenvalue weighted by molar-refractivity contribution is 5.94. The van der Waals surface area contributed by atoms with E-state index in [1.807, 2.05) is 54.4 Å². The summed E-state index contributed by atoms with van der Waals surface area (Å²) in [6, 6.07) is 20.1. The first-order valence-corrected chi connectivity index (χ1v) is 9.67. The number of aromatic carboxylic acids is 1. The Balaban J connectivity index is 1.89. The molecule has 0 unspecified atom stereocenters. The van der Waals surface area contributed by atoms with Crippen molar-refractivity contribution in [3.05, 3.63) is 83.4 Å². The van der Waals surface area contributed by atoms with Gasteiger partial charge in [0, 0.05) is 36.6 Å². The van der Waals surface area contributed by atoms with Crippen LogP contribution >= 0.6 is 0 Å². The maximum Gasteiger partial charge on any atom is 0.335 e. The van der Waals surface area contributed by atoms with E-state index in [0.717, 1.165) is 11.1 Å². The van der Waals surface area contributed by atoms with Crippen LogP contribution in [0.4, 0.5) is 11.5 Å². The number of aromatic nitrogens is 2. The van der Waals surface area contributed by atoms with E-state index in [4.69, 9.17) is 21.1 Å². The van der Waals surface area contributed by atoms with Gasteiger partial charge in [-0.25, -0.2) is 14.8 Å². The molecule has 0 bridgehead atoms. The van der Waals surface area contributed by atoms with Gasteiger partial charge in [-0.2, -0.15) is 0 Å². The number of hydrogen-bond donors (Lipinski definition) is 3. The van der Waals surface area contributed by atoms with Crippen LogP contribution < -0.4 is 10.6 Å². The Labute approximate surface area is 179 Å². The molecule has 0 aliphatic heterocycles. The Morgan fingerprint density at radius 2 is 1.84 bits per heavy atom. The lowest BCUT2D eigenvalue weighted by molar-refractivity contribution is 0.0697. The van der Waals surface area contributed by atoms with Gasteiger partial charge < -0.3 is 21.1 Å². The Hall–Kier alpha value is -4.26. The highest BCUT2D eigenvalue weighted by Gasteiger charge is 2.17. The van der Waals surface area contributed by atoms with Crippen molar-refractivity contribution in [1.29, 1.82) is 5.41 Å². The maximum absolute atomic E-state index is 11.4. The standard InChI is InChI=1S/C24H21N5O2/c1-29(14-15-5-3-2-4-6-15)23-22(16-7-9-19(26)18(11-16)13-25)27-20-10-8-17(24(30)31)12-21(20)28-23/h2-13,25H,14,26H2,1H3,(H,30,31). The predicted octanol–water partition coefficient (Wildman–Crippen LogP) is 4.21. The monoisotopic (exact) mass is 411 g/mol. The van der Waals surface area contributed by atoms with Crippen LogP contribution in [-0.2, 0) is 6.54 Å². The van der Waals surface area contributed by atoms with Crippen LogP contribution in [0.1, 0.15) is 21.5 Å².